The topological polar surface area (TPSA) is 188 Å². The summed E-state index contributed by atoms with van der Waals surface area (Å²) in [4.78, 5) is 70.4. The monoisotopic (exact) mass is 810 g/mol. The van der Waals surface area contributed by atoms with Gasteiger partial charge in [-0.25, -0.2) is 23.9 Å². The van der Waals surface area contributed by atoms with Gasteiger partial charge in [0.2, 0.25) is 11.8 Å². The Balaban J connectivity index is 1.05. The molecule has 0 bridgehead atoms. The molecule has 0 unspecified atom stereocenters. The van der Waals surface area contributed by atoms with E-state index in [9.17, 15) is 19.2 Å². The molecule has 2 fully saturated rings. The maximum absolute atomic E-state index is 15.8. The predicted molar refractivity (Wildman–Crippen MR) is 217 cm³/mol. The lowest BCUT2D eigenvalue weighted by Gasteiger charge is -2.30. The molecular weight excluding hydrogens is 760 g/mol. The Kier molecular flexibility index (Phi) is 12.1. The van der Waals surface area contributed by atoms with Gasteiger partial charge in [0.1, 0.15) is 34.9 Å². The SMILES string of the molecule is COC(=O)NC[C@H](C(=O)N1CCC[C@H]1c1ncc(-c2ccc3oc(-c4ccc(-c5cnc([C@@H]6CCCN6C(=O)[C@@H](NC(=O)OC)C(C)C)[nH]5)c(F)c4)cc3c2)[nH]1)C(C)C. The standard InChI is InChI=1S/C43H51FN8O7/c1-23(2)29(20-47-42(55)57-5)40(53)51-15-7-9-33(51)38-45-21-31(48-38)25-12-14-35-27(17-25)19-36(59-35)26-11-13-28(30(44)18-26)32-22-46-39(49-32)34-10-8-16-52(34)41(54)37(24(3)4)50-43(56)58-6/h11-14,17-19,21-24,29,33-34,37H,7-10,15-16,20H2,1-6H3,(H,45,48)(H,46,49)(H,47,55)(H,50,56)/t29-,33-,34-,37-/m0/s1. The third-order valence-corrected chi connectivity index (χ3v) is 11.4. The van der Waals surface area contributed by atoms with E-state index in [0.29, 0.717) is 59.3 Å². The molecule has 4 N–H and O–H groups in total. The van der Waals surface area contributed by atoms with E-state index >= 15 is 4.39 Å². The number of ether oxygens (including phenoxy) is 2. The number of hydrogen-bond acceptors (Lipinski definition) is 9. The predicted octanol–water partition coefficient (Wildman–Crippen LogP) is 7.35. The van der Waals surface area contributed by atoms with E-state index in [2.05, 4.69) is 30.6 Å². The summed E-state index contributed by atoms with van der Waals surface area (Å²) in [5, 5.41) is 6.15. The fraction of sp³-hybridized carbons (Fsp3) is 0.442. The van der Waals surface area contributed by atoms with Gasteiger partial charge in [-0.1, -0.05) is 33.8 Å². The molecule has 312 valence electrons. The number of alkyl carbamates (subject to hydrolysis) is 2. The van der Waals surface area contributed by atoms with Crippen LogP contribution in [0.3, 0.4) is 0 Å². The zero-order chi connectivity index (χ0) is 42.0. The molecule has 0 saturated carbocycles. The first-order chi connectivity index (χ1) is 28.4. The van der Waals surface area contributed by atoms with Crippen LogP contribution in [0.25, 0.3) is 44.8 Å². The summed E-state index contributed by atoms with van der Waals surface area (Å²) < 4.78 is 31.4. The van der Waals surface area contributed by atoms with Crippen molar-refractivity contribution in [3.63, 3.8) is 0 Å². The number of fused-ring (bicyclic) bond motifs is 1. The van der Waals surface area contributed by atoms with Crippen LogP contribution < -0.4 is 10.6 Å². The van der Waals surface area contributed by atoms with Crippen LogP contribution >= 0.6 is 0 Å². The number of nitrogens with one attached hydrogen (secondary N) is 4. The van der Waals surface area contributed by atoms with Crippen LogP contribution in [-0.2, 0) is 19.1 Å². The molecule has 5 aromatic rings. The van der Waals surface area contributed by atoms with Crippen molar-refractivity contribution in [3.05, 3.63) is 72.3 Å². The summed E-state index contributed by atoms with van der Waals surface area (Å²) in [7, 11) is 2.56. The number of hydrogen-bond donors (Lipinski definition) is 4. The number of benzene rings is 2. The van der Waals surface area contributed by atoms with Gasteiger partial charge in [-0.05, 0) is 73.9 Å². The number of rotatable bonds is 12. The normalized spacial score (nSPS) is 17.8. The van der Waals surface area contributed by atoms with Gasteiger partial charge >= 0.3 is 12.2 Å². The molecule has 4 atom stereocenters. The lowest BCUT2D eigenvalue weighted by Crippen LogP contribution is -2.51. The van der Waals surface area contributed by atoms with Gasteiger partial charge in [0, 0.05) is 41.7 Å². The van der Waals surface area contributed by atoms with E-state index in [0.717, 1.165) is 35.9 Å². The van der Waals surface area contributed by atoms with Crippen LogP contribution in [0, 0.1) is 23.6 Å². The Labute approximate surface area is 341 Å². The van der Waals surface area contributed by atoms with Crippen molar-refractivity contribution in [1.29, 1.82) is 0 Å². The lowest BCUT2D eigenvalue weighted by atomic mass is 9.94. The first-order valence-corrected chi connectivity index (χ1v) is 20.1. The second-order valence-corrected chi connectivity index (χ2v) is 15.9. The third kappa shape index (κ3) is 8.52. The summed E-state index contributed by atoms with van der Waals surface area (Å²) in [6.07, 6.45) is 5.15. The number of carbonyl (C=O) groups is 4. The van der Waals surface area contributed by atoms with Gasteiger partial charge in [0.05, 0.1) is 56.0 Å². The highest BCUT2D eigenvalue weighted by atomic mass is 19.1. The van der Waals surface area contributed by atoms with Crippen molar-refractivity contribution < 1.29 is 37.5 Å². The van der Waals surface area contributed by atoms with E-state index < -0.39 is 30.0 Å². The van der Waals surface area contributed by atoms with Crippen molar-refractivity contribution in [2.75, 3.05) is 33.9 Å². The van der Waals surface area contributed by atoms with Crippen LogP contribution in [0.1, 0.15) is 77.1 Å². The molecule has 3 aromatic heterocycles. The first kappa shape index (κ1) is 41.0. The number of amides is 4. The minimum absolute atomic E-state index is 0.00947. The third-order valence-electron chi connectivity index (χ3n) is 11.4. The fourth-order valence-electron chi connectivity index (χ4n) is 8.13. The van der Waals surface area contributed by atoms with Crippen LogP contribution in [-0.4, -0.2) is 93.6 Å². The number of methoxy groups -OCH3 is 2. The van der Waals surface area contributed by atoms with Crippen LogP contribution in [0.2, 0.25) is 0 Å². The highest BCUT2D eigenvalue weighted by Crippen LogP contribution is 2.37. The molecule has 16 heteroatoms. The van der Waals surface area contributed by atoms with Crippen molar-refractivity contribution in [2.24, 2.45) is 17.8 Å². The number of furan rings is 1. The van der Waals surface area contributed by atoms with Gasteiger partial charge in [-0.3, -0.25) is 9.59 Å². The Hall–Kier alpha value is -6.19. The van der Waals surface area contributed by atoms with Crippen molar-refractivity contribution in [3.8, 4) is 33.8 Å². The summed E-state index contributed by atoms with van der Waals surface area (Å²) in [5.74, 6) is 0.471. The van der Waals surface area contributed by atoms with Crippen molar-refractivity contribution in [2.45, 2.75) is 71.5 Å². The van der Waals surface area contributed by atoms with Gasteiger partial charge < -0.3 is 44.3 Å². The molecule has 2 aromatic carbocycles. The molecule has 0 radical (unpaired) electrons. The number of imidazole rings is 2. The summed E-state index contributed by atoms with van der Waals surface area (Å²) >= 11 is 0. The van der Waals surface area contributed by atoms with Gasteiger partial charge in [0.25, 0.3) is 0 Å². The maximum atomic E-state index is 15.8. The highest BCUT2D eigenvalue weighted by Gasteiger charge is 2.38. The average molecular weight is 811 g/mol. The minimum Gasteiger partial charge on any atom is -0.456 e. The quantitative estimate of drug-likeness (QED) is 0.0999. The Bertz CT molecular complexity index is 2330. The van der Waals surface area contributed by atoms with Crippen LogP contribution in [0.4, 0.5) is 14.0 Å². The number of aromatic nitrogens is 4. The zero-order valence-electron chi connectivity index (χ0n) is 34.1. The van der Waals surface area contributed by atoms with E-state index in [-0.39, 0.29) is 42.3 Å². The average Bonchev–Trinajstić information content (AvgIpc) is 4.07. The number of halogens is 1. The van der Waals surface area contributed by atoms with Crippen LogP contribution in [0.15, 0.2) is 59.3 Å². The van der Waals surface area contributed by atoms with Gasteiger partial charge in [0.15, 0.2) is 0 Å². The summed E-state index contributed by atoms with van der Waals surface area (Å²) in [6, 6.07) is 11.2. The second kappa shape index (κ2) is 17.3. The molecule has 0 aliphatic carbocycles. The highest BCUT2D eigenvalue weighted by molar-refractivity contribution is 5.88. The minimum atomic E-state index is -0.758. The molecule has 2 saturated heterocycles. The van der Waals surface area contributed by atoms with E-state index in [1.54, 1.807) is 29.4 Å². The fourth-order valence-corrected chi connectivity index (χ4v) is 8.13. The lowest BCUT2D eigenvalue weighted by molar-refractivity contribution is -0.138. The molecule has 15 nitrogen and oxygen atoms in total. The van der Waals surface area contributed by atoms with Crippen LogP contribution in [0.5, 0.6) is 0 Å². The summed E-state index contributed by atoms with van der Waals surface area (Å²) in [5.41, 5.74) is 3.66. The smallest absolute Gasteiger partial charge is 0.407 e. The van der Waals surface area contributed by atoms with Crippen molar-refractivity contribution >= 4 is 35.0 Å². The van der Waals surface area contributed by atoms with E-state index in [1.807, 2.05) is 56.9 Å². The molecule has 7 rings (SSSR count). The first-order valence-electron chi connectivity index (χ1n) is 20.1. The number of nitrogens with zero attached hydrogens (tertiary/aromatic N) is 4. The second-order valence-electron chi connectivity index (χ2n) is 15.9. The number of likely N-dealkylation sites (tertiary alicyclic amines) is 2. The molecule has 0 spiro atoms. The van der Waals surface area contributed by atoms with E-state index in [1.165, 1.54) is 20.3 Å². The molecule has 4 amide bonds. The van der Waals surface area contributed by atoms with Gasteiger partial charge in [-0.15, -0.1) is 0 Å². The van der Waals surface area contributed by atoms with Crippen molar-refractivity contribution in [1.82, 2.24) is 40.4 Å². The van der Waals surface area contributed by atoms with E-state index in [4.69, 9.17) is 13.9 Å². The molecule has 2 aliphatic heterocycles. The Morgan fingerprint density at radius 3 is 2.07 bits per heavy atom. The molecule has 5 heterocycles. The molecule has 2 aliphatic rings. The Morgan fingerprint density at radius 1 is 0.814 bits per heavy atom. The number of H-pyrrole nitrogens is 2. The molecule has 59 heavy (non-hydrogen) atoms. The van der Waals surface area contributed by atoms with Gasteiger partial charge in [-0.2, -0.15) is 0 Å². The number of aromatic amines is 2. The largest absolute Gasteiger partial charge is 0.456 e. The maximum Gasteiger partial charge on any atom is 0.407 e. The molecular formula is C43H51FN8O7. The zero-order valence-corrected chi connectivity index (χ0v) is 34.1. The Morgan fingerprint density at radius 2 is 1.44 bits per heavy atom. The number of carbonyl (C=O) groups excluding carboxylic acids is 4. The summed E-state index contributed by atoms with van der Waals surface area (Å²) in [6.45, 7) is 8.95.